The number of carbonyl (C=O) groups is 1. The molecule has 6 heteroatoms. The number of nitrogens with one attached hydrogen (secondary N) is 1. The Kier molecular flexibility index (Phi) is 3.75. The van der Waals surface area contributed by atoms with E-state index < -0.39 is 9.84 Å². The zero-order chi connectivity index (χ0) is 15.0. The monoisotopic (exact) mass is 308 g/mol. The van der Waals surface area contributed by atoms with Crippen molar-refractivity contribution in [2.75, 3.05) is 18.1 Å². The second kappa shape index (κ2) is 5.42. The molecule has 0 aliphatic carbocycles. The van der Waals surface area contributed by atoms with E-state index >= 15 is 0 Å². The second-order valence-electron chi connectivity index (χ2n) is 5.74. The molecule has 1 saturated heterocycles. The summed E-state index contributed by atoms with van der Waals surface area (Å²) in [6.45, 7) is 4.08. The quantitative estimate of drug-likeness (QED) is 0.902. The number of fused-ring (bicyclic) bond motifs is 1. The first kappa shape index (κ1) is 14.5. The lowest BCUT2D eigenvalue weighted by Gasteiger charge is -2.27. The lowest BCUT2D eigenvalue weighted by atomic mass is 10.0. The molecule has 21 heavy (non-hydrogen) atoms. The second-order valence-corrected chi connectivity index (χ2v) is 7.96. The molecule has 1 fully saturated rings. The van der Waals surface area contributed by atoms with Crippen LogP contribution in [-0.2, 0) is 22.9 Å². The van der Waals surface area contributed by atoms with E-state index in [0.717, 1.165) is 18.7 Å². The van der Waals surface area contributed by atoms with Crippen molar-refractivity contribution in [2.24, 2.45) is 0 Å². The topological polar surface area (TPSA) is 66.5 Å². The molecule has 114 valence electrons. The van der Waals surface area contributed by atoms with Crippen molar-refractivity contribution < 1.29 is 13.2 Å². The van der Waals surface area contributed by atoms with Gasteiger partial charge in [-0.05, 0) is 36.6 Å². The van der Waals surface area contributed by atoms with Crippen LogP contribution in [0.5, 0.6) is 0 Å². The molecule has 0 radical (unpaired) electrons. The fourth-order valence-corrected chi connectivity index (χ4v) is 4.91. The zero-order valence-electron chi connectivity index (χ0n) is 12.1. The normalized spacial score (nSPS) is 23.0. The maximum absolute atomic E-state index is 12.7. The van der Waals surface area contributed by atoms with Gasteiger partial charge in [-0.25, -0.2) is 8.42 Å². The van der Waals surface area contributed by atoms with E-state index in [9.17, 15) is 13.2 Å². The standard InChI is InChI=1S/C15H20N2O3S/c1-2-17(14-5-6-21(19,20)10-14)15(18)11-3-4-12-8-16-9-13(12)7-11/h3-4,7,14,16H,2,5-6,8-10H2,1H3. The predicted octanol–water partition coefficient (Wildman–Crippen LogP) is 0.939. The number of benzene rings is 1. The van der Waals surface area contributed by atoms with Gasteiger partial charge in [0.15, 0.2) is 9.84 Å². The number of hydrogen-bond acceptors (Lipinski definition) is 4. The van der Waals surface area contributed by atoms with Crippen molar-refractivity contribution in [3.05, 3.63) is 34.9 Å². The van der Waals surface area contributed by atoms with Gasteiger partial charge in [0.25, 0.3) is 5.91 Å². The van der Waals surface area contributed by atoms with Gasteiger partial charge in [-0.1, -0.05) is 6.07 Å². The molecular formula is C15H20N2O3S. The first-order chi connectivity index (χ1) is 10.00. The maximum atomic E-state index is 12.7. The summed E-state index contributed by atoms with van der Waals surface area (Å²) in [5, 5.41) is 3.26. The van der Waals surface area contributed by atoms with E-state index in [1.165, 1.54) is 5.56 Å². The highest BCUT2D eigenvalue weighted by molar-refractivity contribution is 7.91. The summed E-state index contributed by atoms with van der Waals surface area (Å²) in [4.78, 5) is 14.4. The molecule has 2 heterocycles. The van der Waals surface area contributed by atoms with Crippen molar-refractivity contribution in [3.8, 4) is 0 Å². The summed E-state index contributed by atoms with van der Waals surface area (Å²) in [7, 11) is -2.98. The molecular weight excluding hydrogens is 288 g/mol. The minimum Gasteiger partial charge on any atom is -0.335 e. The maximum Gasteiger partial charge on any atom is 0.254 e. The molecule has 1 aromatic rings. The summed E-state index contributed by atoms with van der Waals surface area (Å²) in [6, 6.07) is 5.59. The fourth-order valence-electron chi connectivity index (χ4n) is 3.18. The van der Waals surface area contributed by atoms with E-state index in [0.29, 0.717) is 18.5 Å². The number of nitrogens with zero attached hydrogens (tertiary/aromatic N) is 1. The molecule has 0 spiro atoms. The van der Waals surface area contributed by atoms with Crippen molar-refractivity contribution in [3.63, 3.8) is 0 Å². The Morgan fingerprint density at radius 1 is 1.33 bits per heavy atom. The Morgan fingerprint density at radius 2 is 2.10 bits per heavy atom. The summed E-state index contributed by atoms with van der Waals surface area (Å²) in [5.41, 5.74) is 3.05. The highest BCUT2D eigenvalue weighted by Gasteiger charge is 2.34. The minimum absolute atomic E-state index is 0.0608. The summed E-state index contributed by atoms with van der Waals surface area (Å²) in [5.74, 6) is 0.226. The smallest absolute Gasteiger partial charge is 0.254 e. The number of hydrogen-bond donors (Lipinski definition) is 1. The van der Waals surface area contributed by atoms with Crippen LogP contribution in [0.25, 0.3) is 0 Å². The molecule has 3 rings (SSSR count). The SMILES string of the molecule is CCN(C(=O)c1ccc2c(c1)CNC2)C1CCS(=O)(=O)C1. The Bertz CT molecular complexity index is 669. The Labute approximate surface area is 125 Å². The van der Waals surface area contributed by atoms with Crippen LogP contribution in [0.4, 0.5) is 0 Å². The number of sulfone groups is 1. The number of carbonyl (C=O) groups excluding carboxylic acids is 1. The molecule has 1 atom stereocenters. The molecule has 0 bridgehead atoms. The molecule has 1 unspecified atom stereocenters. The van der Waals surface area contributed by atoms with Gasteiger partial charge in [-0.3, -0.25) is 4.79 Å². The lowest BCUT2D eigenvalue weighted by Crippen LogP contribution is -2.41. The highest BCUT2D eigenvalue weighted by atomic mass is 32.2. The van der Waals surface area contributed by atoms with E-state index in [4.69, 9.17) is 0 Å². The average molecular weight is 308 g/mol. The minimum atomic E-state index is -2.98. The first-order valence-electron chi connectivity index (χ1n) is 7.34. The third-order valence-corrected chi connectivity index (χ3v) is 6.09. The largest absolute Gasteiger partial charge is 0.335 e. The van der Waals surface area contributed by atoms with Gasteiger partial charge in [0.2, 0.25) is 0 Å². The Morgan fingerprint density at radius 3 is 2.76 bits per heavy atom. The summed E-state index contributed by atoms with van der Waals surface area (Å²) in [6.07, 6.45) is 0.550. The number of rotatable bonds is 3. The van der Waals surface area contributed by atoms with Crippen molar-refractivity contribution in [1.82, 2.24) is 10.2 Å². The van der Waals surface area contributed by atoms with Crippen LogP contribution in [0.15, 0.2) is 18.2 Å². The van der Waals surface area contributed by atoms with Gasteiger partial charge in [0.1, 0.15) is 0 Å². The highest BCUT2D eigenvalue weighted by Crippen LogP contribution is 2.22. The van der Waals surface area contributed by atoms with Gasteiger partial charge >= 0.3 is 0 Å². The van der Waals surface area contributed by atoms with E-state index in [1.807, 2.05) is 25.1 Å². The van der Waals surface area contributed by atoms with Gasteiger partial charge in [-0.15, -0.1) is 0 Å². The van der Waals surface area contributed by atoms with Crippen LogP contribution in [0.1, 0.15) is 34.8 Å². The van der Waals surface area contributed by atoms with Crippen LogP contribution in [0.2, 0.25) is 0 Å². The van der Waals surface area contributed by atoms with Crippen LogP contribution >= 0.6 is 0 Å². The van der Waals surface area contributed by atoms with Gasteiger partial charge in [-0.2, -0.15) is 0 Å². The van der Waals surface area contributed by atoms with Gasteiger partial charge < -0.3 is 10.2 Å². The third kappa shape index (κ3) is 2.82. The van der Waals surface area contributed by atoms with Crippen molar-refractivity contribution in [2.45, 2.75) is 32.5 Å². The predicted molar refractivity (Wildman–Crippen MR) is 80.8 cm³/mol. The lowest BCUT2D eigenvalue weighted by molar-refractivity contribution is 0.0708. The molecule has 5 nitrogen and oxygen atoms in total. The van der Waals surface area contributed by atoms with E-state index in [-0.39, 0.29) is 23.5 Å². The van der Waals surface area contributed by atoms with Crippen LogP contribution in [0, 0.1) is 0 Å². The summed E-state index contributed by atoms with van der Waals surface area (Å²) < 4.78 is 23.3. The van der Waals surface area contributed by atoms with E-state index in [1.54, 1.807) is 4.90 Å². The van der Waals surface area contributed by atoms with Gasteiger partial charge in [0.05, 0.1) is 11.5 Å². The zero-order valence-corrected chi connectivity index (χ0v) is 12.9. The first-order valence-corrected chi connectivity index (χ1v) is 9.16. The van der Waals surface area contributed by atoms with Crippen molar-refractivity contribution >= 4 is 15.7 Å². The van der Waals surface area contributed by atoms with Crippen LogP contribution < -0.4 is 5.32 Å². The molecule has 2 aliphatic rings. The molecule has 2 aliphatic heterocycles. The van der Waals surface area contributed by atoms with Crippen LogP contribution in [-0.4, -0.2) is 43.3 Å². The molecule has 0 saturated carbocycles. The molecule has 1 aromatic carbocycles. The molecule has 1 N–H and O–H groups in total. The molecule has 1 amide bonds. The van der Waals surface area contributed by atoms with Crippen molar-refractivity contribution in [1.29, 1.82) is 0 Å². The summed E-state index contributed by atoms with van der Waals surface area (Å²) >= 11 is 0. The fraction of sp³-hybridized carbons (Fsp3) is 0.533. The van der Waals surface area contributed by atoms with Crippen LogP contribution in [0.3, 0.4) is 0 Å². The molecule has 0 aromatic heterocycles. The van der Waals surface area contributed by atoms with Gasteiger partial charge in [0, 0.05) is 31.2 Å². The third-order valence-electron chi connectivity index (χ3n) is 4.33. The van der Waals surface area contributed by atoms with E-state index in [2.05, 4.69) is 5.32 Å². The Hall–Kier alpha value is -1.40. The Balaban J connectivity index is 1.82. The average Bonchev–Trinajstić information content (AvgIpc) is 3.05. The number of amides is 1.